The molecule has 118 valence electrons. The van der Waals surface area contributed by atoms with Crippen LogP contribution < -0.4 is 17.2 Å². The Morgan fingerprint density at radius 3 is 2.71 bits per heavy atom. The van der Waals surface area contributed by atoms with Crippen molar-refractivity contribution in [3.63, 3.8) is 0 Å². The highest BCUT2D eigenvalue weighted by Gasteiger charge is 2.35. The fourth-order valence-electron chi connectivity index (χ4n) is 2.26. The molecule has 7 N–H and O–H groups in total. The molecule has 1 rings (SSSR count). The molecule has 0 aromatic rings. The molecule has 0 aliphatic carbocycles. The van der Waals surface area contributed by atoms with Crippen LogP contribution in [0.25, 0.3) is 0 Å². The number of amides is 1. The molecule has 1 heterocycles. The zero-order valence-corrected chi connectivity index (χ0v) is 12.0. The maximum absolute atomic E-state index is 12.3. The van der Waals surface area contributed by atoms with Gasteiger partial charge in [0.1, 0.15) is 6.04 Å². The van der Waals surface area contributed by atoms with Gasteiger partial charge < -0.3 is 27.2 Å². The second-order valence-corrected chi connectivity index (χ2v) is 5.15. The van der Waals surface area contributed by atoms with Crippen molar-refractivity contribution >= 4 is 17.8 Å². The van der Waals surface area contributed by atoms with Crippen LogP contribution in [0.15, 0.2) is 17.1 Å². The summed E-state index contributed by atoms with van der Waals surface area (Å²) in [5, 5.41) is 9.21. The average molecular weight is 297 g/mol. The van der Waals surface area contributed by atoms with Gasteiger partial charge in [0.2, 0.25) is 5.91 Å². The summed E-state index contributed by atoms with van der Waals surface area (Å²) in [6, 6.07) is -1.62. The highest BCUT2D eigenvalue weighted by Crippen LogP contribution is 2.22. The van der Waals surface area contributed by atoms with Crippen LogP contribution in [-0.2, 0) is 9.59 Å². The van der Waals surface area contributed by atoms with E-state index < -0.39 is 18.1 Å². The van der Waals surface area contributed by atoms with Crippen molar-refractivity contribution in [3.8, 4) is 0 Å². The third-order valence-corrected chi connectivity index (χ3v) is 3.42. The second kappa shape index (κ2) is 7.63. The number of hydrogen-bond acceptors (Lipinski definition) is 4. The van der Waals surface area contributed by atoms with Crippen molar-refractivity contribution in [1.82, 2.24) is 4.90 Å². The first-order valence-corrected chi connectivity index (χ1v) is 6.83. The van der Waals surface area contributed by atoms with Gasteiger partial charge in [-0.05, 0) is 25.7 Å². The molecule has 21 heavy (non-hydrogen) atoms. The number of carboxylic acids is 1. The average Bonchev–Trinajstić information content (AvgIpc) is 2.42. The number of aliphatic imine (C=N–C) groups is 1. The van der Waals surface area contributed by atoms with Gasteiger partial charge >= 0.3 is 5.97 Å². The summed E-state index contributed by atoms with van der Waals surface area (Å²) in [5.74, 6) is -1.38. The summed E-state index contributed by atoms with van der Waals surface area (Å²) in [6.07, 6.45) is 1.85. The van der Waals surface area contributed by atoms with Gasteiger partial charge in [0.25, 0.3) is 0 Å². The number of carboxylic acid groups (broad SMARTS) is 1. The van der Waals surface area contributed by atoms with Gasteiger partial charge in [0.15, 0.2) is 5.96 Å². The molecule has 1 amide bonds. The lowest BCUT2D eigenvalue weighted by Gasteiger charge is -2.35. The SMILES string of the molecule is C=C1CCN(C(=O)[C@@H](N)CCCN=C(N)N)[C@@H](C(=O)O)C1. The lowest BCUT2D eigenvalue weighted by Crippen LogP contribution is -2.53. The third-order valence-electron chi connectivity index (χ3n) is 3.42. The van der Waals surface area contributed by atoms with Crippen LogP contribution in [0.1, 0.15) is 25.7 Å². The van der Waals surface area contributed by atoms with Crippen LogP contribution in [0.5, 0.6) is 0 Å². The Morgan fingerprint density at radius 2 is 2.14 bits per heavy atom. The van der Waals surface area contributed by atoms with E-state index in [2.05, 4.69) is 11.6 Å². The maximum atomic E-state index is 12.3. The molecule has 2 atom stereocenters. The zero-order valence-electron chi connectivity index (χ0n) is 12.0. The van der Waals surface area contributed by atoms with E-state index >= 15 is 0 Å². The van der Waals surface area contributed by atoms with Crippen LogP contribution in [0, 0.1) is 0 Å². The number of piperidine rings is 1. The van der Waals surface area contributed by atoms with Gasteiger partial charge in [-0.25, -0.2) is 4.79 Å². The Balaban J connectivity index is 2.57. The van der Waals surface area contributed by atoms with Gasteiger partial charge in [0, 0.05) is 13.1 Å². The van der Waals surface area contributed by atoms with Crippen LogP contribution >= 0.6 is 0 Å². The van der Waals surface area contributed by atoms with Crippen LogP contribution in [0.2, 0.25) is 0 Å². The number of nitrogens with zero attached hydrogens (tertiary/aromatic N) is 2. The van der Waals surface area contributed by atoms with E-state index in [1.807, 2.05) is 0 Å². The van der Waals surface area contributed by atoms with Gasteiger partial charge in [-0.2, -0.15) is 0 Å². The third kappa shape index (κ3) is 5.07. The lowest BCUT2D eigenvalue weighted by atomic mass is 9.96. The molecular formula is C13H23N5O3. The fourth-order valence-corrected chi connectivity index (χ4v) is 2.26. The normalized spacial score (nSPS) is 20.0. The molecule has 1 saturated heterocycles. The highest BCUT2D eigenvalue weighted by atomic mass is 16.4. The monoisotopic (exact) mass is 297 g/mol. The molecule has 8 nitrogen and oxygen atoms in total. The molecule has 0 bridgehead atoms. The molecular weight excluding hydrogens is 274 g/mol. The van der Waals surface area contributed by atoms with Crippen molar-refractivity contribution in [2.75, 3.05) is 13.1 Å². The van der Waals surface area contributed by atoms with E-state index in [0.29, 0.717) is 32.4 Å². The molecule has 1 aliphatic heterocycles. The predicted octanol–water partition coefficient (Wildman–Crippen LogP) is -1.00. The Labute approximate surface area is 123 Å². The Hall–Kier alpha value is -2.09. The van der Waals surface area contributed by atoms with Crippen molar-refractivity contribution in [3.05, 3.63) is 12.2 Å². The van der Waals surface area contributed by atoms with Crippen LogP contribution in [0.3, 0.4) is 0 Å². The maximum Gasteiger partial charge on any atom is 0.326 e. The quantitative estimate of drug-likeness (QED) is 0.214. The summed E-state index contributed by atoms with van der Waals surface area (Å²) in [4.78, 5) is 28.7. The molecule has 1 aliphatic rings. The topological polar surface area (TPSA) is 148 Å². The highest BCUT2D eigenvalue weighted by molar-refractivity contribution is 5.87. The van der Waals surface area contributed by atoms with E-state index in [9.17, 15) is 14.7 Å². The van der Waals surface area contributed by atoms with Gasteiger partial charge in [-0.1, -0.05) is 12.2 Å². The van der Waals surface area contributed by atoms with Gasteiger partial charge in [-0.15, -0.1) is 0 Å². The second-order valence-electron chi connectivity index (χ2n) is 5.15. The minimum absolute atomic E-state index is 0.00428. The number of hydrogen-bond donors (Lipinski definition) is 4. The van der Waals surface area contributed by atoms with Crippen molar-refractivity contribution in [1.29, 1.82) is 0 Å². The van der Waals surface area contributed by atoms with Crippen molar-refractivity contribution in [2.45, 2.75) is 37.8 Å². The Kier molecular flexibility index (Phi) is 6.16. The minimum atomic E-state index is -1.03. The molecule has 0 aromatic carbocycles. The largest absolute Gasteiger partial charge is 0.480 e. The molecule has 0 saturated carbocycles. The van der Waals surface area contributed by atoms with Crippen LogP contribution in [-0.4, -0.2) is 53.0 Å². The fraction of sp³-hybridized carbons (Fsp3) is 0.615. The van der Waals surface area contributed by atoms with E-state index in [-0.39, 0.29) is 18.3 Å². The van der Waals surface area contributed by atoms with Crippen molar-refractivity contribution < 1.29 is 14.7 Å². The number of rotatable bonds is 6. The summed E-state index contributed by atoms with van der Waals surface area (Å²) >= 11 is 0. The lowest BCUT2D eigenvalue weighted by molar-refractivity contribution is -0.151. The van der Waals surface area contributed by atoms with Gasteiger partial charge in [-0.3, -0.25) is 9.79 Å². The predicted molar refractivity (Wildman–Crippen MR) is 79.4 cm³/mol. The number of aliphatic carboxylic acids is 1. The van der Waals surface area contributed by atoms with Crippen molar-refractivity contribution in [2.24, 2.45) is 22.2 Å². The van der Waals surface area contributed by atoms with Gasteiger partial charge in [0.05, 0.1) is 6.04 Å². The summed E-state index contributed by atoms with van der Waals surface area (Å²) in [7, 11) is 0. The zero-order chi connectivity index (χ0) is 16.0. The van der Waals surface area contributed by atoms with E-state index in [1.165, 1.54) is 4.90 Å². The molecule has 0 aromatic heterocycles. The molecule has 0 radical (unpaired) electrons. The number of guanidine groups is 1. The van der Waals surface area contributed by atoms with Crippen LogP contribution in [0.4, 0.5) is 0 Å². The van der Waals surface area contributed by atoms with E-state index in [4.69, 9.17) is 17.2 Å². The number of carbonyl (C=O) groups excluding carboxylic acids is 1. The molecule has 0 spiro atoms. The number of nitrogens with two attached hydrogens (primary N) is 3. The number of likely N-dealkylation sites (tertiary alicyclic amines) is 1. The standard InChI is InChI=1S/C13H23N5O3/c1-8-4-6-18(10(7-8)12(20)21)11(19)9(14)3-2-5-17-13(15)16/h9-10H,1-7,14H2,(H,20,21)(H4,15,16,17)/t9-,10+/m0/s1. The Morgan fingerprint density at radius 1 is 1.48 bits per heavy atom. The first-order valence-electron chi connectivity index (χ1n) is 6.83. The first-order chi connectivity index (χ1) is 9.82. The molecule has 8 heteroatoms. The Bertz CT molecular complexity index is 445. The molecule has 1 fully saturated rings. The summed E-state index contributed by atoms with van der Waals surface area (Å²) < 4.78 is 0. The number of carbonyl (C=O) groups is 2. The smallest absolute Gasteiger partial charge is 0.326 e. The summed E-state index contributed by atoms with van der Waals surface area (Å²) in [6.45, 7) is 4.53. The van der Waals surface area contributed by atoms with E-state index in [0.717, 1.165) is 5.57 Å². The first kappa shape index (κ1) is 17.0. The molecule has 0 unspecified atom stereocenters. The van der Waals surface area contributed by atoms with E-state index in [1.54, 1.807) is 0 Å². The minimum Gasteiger partial charge on any atom is -0.480 e. The summed E-state index contributed by atoms with van der Waals surface area (Å²) in [5.41, 5.74) is 17.1.